The molecule has 1 heterocycles. The largest absolute Gasteiger partial charge is 0.366 e. The summed E-state index contributed by atoms with van der Waals surface area (Å²) >= 11 is 0. The minimum absolute atomic E-state index is 0.102. The summed E-state index contributed by atoms with van der Waals surface area (Å²) < 4.78 is 0. The highest BCUT2D eigenvalue weighted by Crippen LogP contribution is 2.38. The fraction of sp³-hybridized carbons (Fsp3) is 0.545. The first-order valence-corrected chi connectivity index (χ1v) is 9.55. The average Bonchev–Trinajstić information content (AvgIpc) is 2.52. The lowest BCUT2D eigenvalue weighted by atomic mass is 9.77. The molecule has 1 aromatic rings. The highest BCUT2D eigenvalue weighted by atomic mass is 16.1. The Bertz CT molecular complexity index is 753. The van der Waals surface area contributed by atoms with Crippen molar-refractivity contribution in [3.63, 3.8) is 0 Å². The third-order valence-electron chi connectivity index (χ3n) is 5.28. The SMILES string of the molecule is CC(C)c1ccccc1NC(=O)/C(C#N)=C\N1C(C)(C)CC(N)CC1(C)C. The van der Waals surface area contributed by atoms with Gasteiger partial charge in [-0.15, -0.1) is 0 Å². The van der Waals surface area contributed by atoms with Gasteiger partial charge >= 0.3 is 0 Å². The van der Waals surface area contributed by atoms with Crippen LogP contribution in [-0.4, -0.2) is 27.9 Å². The van der Waals surface area contributed by atoms with Gasteiger partial charge in [-0.05, 0) is 58.1 Å². The van der Waals surface area contributed by atoms with Crippen LogP contribution in [0.25, 0.3) is 0 Å². The summed E-state index contributed by atoms with van der Waals surface area (Å²) in [5, 5.41) is 12.6. The molecular weight excluding hydrogens is 336 g/mol. The number of para-hydroxylation sites is 1. The molecular formula is C22H32N4O. The minimum atomic E-state index is -0.382. The van der Waals surface area contributed by atoms with E-state index in [1.807, 2.05) is 24.3 Å². The number of nitrogens with one attached hydrogen (secondary N) is 1. The topological polar surface area (TPSA) is 82.2 Å². The molecule has 1 aliphatic heterocycles. The normalized spacial score (nSPS) is 19.7. The molecule has 146 valence electrons. The molecule has 0 radical (unpaired) electrons. The molecule has 1 fully saturated rings. The summed E-state index contributed by atoms with van der Waals surface area (Å²) in [6.07, 6.45) is 3.33. The summed E-state index contributed by atoms with van der Waals surface area (Å²) in [7, 11) is 0. The standard InChI is InChI=1S/C22H32N4O/c1-15(2)18-9-7-8-10-19(18)25-20(27)16(13-23)14-26-21(3,4)11-17(24)12-22(26,5)6/h7-10,14-15,17H,11-12,24H2,1-6H3,(H,25,27)/b16-14-. The summed E-state index contributed by atoms with van der Waals surface area (Å²) in [6, 6.07) is 9.89. The molecule has 5 nitrogen and oxygen atoms in total. The van der Waals surface area contributed by atoms with Gasteiger partial charge in [0.25, 0.3) is 5.91 Å². The molecule has 0 unspecified atom stereocenters. The second kappa shape index (κ2) is 7.74. The molecule has 3 N–H and O–H groups in total. The lowest BCUT2D eigenvalue weighted by molar-refractivity contribution is -0.112. The Morgan fingerprint density at radius 2 is 1.81 bits per heavy atom. The van der Waals surface area contributed by atoms with Crippen LogP contribution in [0.3, 0.4) is 0 Å². The Labute approximate surface area is 163 Å². The predicted molar refractivity (Wildman–Crippen MR) is 110 cm³/mol. The number of likely N-dealkylation sites (tertiary alicyclic amines) is 1. The number of nitrogens with two attached hydrogens (primary N) is 1. The van der Waals surface area contributed by atoms with Crippen molar-refractivity contribution < 1.29 is 4.79 Å². The van der Waals surface area contributed by atoms with Crippen LogP contribution in [0.4, 0.5) is 5.69 Å². The van der Waals surface area contributed by atoms with Crippen LogP contribution >= 0.6 is 0 Å². The van der Waals surface area contributed by atoms with Crippen LogP contribution in [0.5, 0.6) is 0 Å². The Balaban J connectivity index is 2.33. The number of anilines is 1. The molecule has 2 rings (SSSR count). The zero-order valence-corrected chi connectivity index (χ0v) is 17.3. The number of piperidine rings is 1. The van der Waals surface area contributed by atoms with Crippen molar-refractivity contribution in [3.05, 3.63) is 41.6 Å². The van der Waals surface area contributed by atoms with Crippen molar-refractivity contribution in [1.82, 2.24) is 4.90 Å². The van der Waals surface area contributed by atoms with E-state index in [-0.39, 0.29) is 34.5 Å². The smallest absolute Gasteiger partial charge is 0.267 e. The number of amides is 1. The van der Waals surface area contributed by atoms with Gasteiger partial charge in [-0.1, -0.05) is 32.0 Å². The Kier molecular flexibility index (Phi) is 6.01. The van der Waals surface area contributed by atoms with E-state index in [1.165, 1.54) is 0 Å². The molecule has 0 bridgehead atoms. The fourth-order valence-corrected chi connectivity index (χ4v) is 4.29. The van der Waals surface area contributed by atoms with Gasteiger partial charge in [-0.25, -0.2) is 0 Å². The first-order chi connectivity index (χ1) is 12.5. The van der Waals surface area contributed by atoms with Crippen LogP contribution < -0.4 is 11.1 Å². The van der Waals surface area contributed by atoms with Crippen LogP contribution in [0.1, 0.15) is 65.9 Å². The number of nitriles is 1. The number of carbonyl (C=O) groups is 1. The molecule has 1 saturated heterocycles. The van der Waals surface area contributed by atoms with Crippen molar-refractivity contribution in [2.24, 2.45) is 5.73 Å². The third kappa shape index (κ3) is 4.70. The highest BCUT2D eigenvalue weighted by Gasteiger charge is 2.43. The van der Waals surface area contributed by atoms with E-state index >= 15 is 0 Å². The van der Waals surface area contributed by atoms with E-state index in [1.54, 1.807) is 6.20 Å². The first-order valence-electron chi connectivity index (χ1n) is 9.55. The van der Waals surface area contributed by atoms with Crippen LogP contribution in [0.2, 0.25) is 0 Å². The molecule has 0 atom stereocenters. The highest BCUT2D eigenvalue weighted by molar-refractivity contribution is 6.06. The first kappa shape index (κ1) is 21.0. The number of hydrogen-bond acceptors (Lipinski definition) is 4. The van der Waals surface area contributed by atoms with Gasteiger partial charge < -0.3 is 16.0 Å². The van der Waals surface area contributed by atoms with Gasteiger partial charge in [0.2, 0.25) is 0 Å². The maximum absolute atomic E-state index is 12.8. The molecule has 1 aromatic carbocycles. The monoisotopic (exact) mass is 368 g/mol. The van der Waals surface area contributed by atoms with E-state index < -0.39 is 0 Å². The predicted octanol–water partition coefficient (Wildman–Crippen LogP) is 4.14. The van der Waals surface area contributed by atoms with Gasteiger partial charge in [0.1, 0.15) is 11.6 Å². The fourth-order valence-electron chi connectivity index (χ4n) is 4.29. The minimum Gasteiger partial charge on any atom is -0.366 e. The average molecular weight is 369 g/mol. The van der Waals surface area contributed by atoms with E-state index in [4.69, 9.17) is 5.73 Å². The van der Waals surface area contributed by atoms with Gasteiger partial charge in [-0.3, -0.25) is 4.79 Å². The lowest BCUT2D eigenvalue weighted by Crippen LogP contribution is -2.61. The number of carbonyl (C=O) groups excluding carboxylic acids is 1. The van der Waals surface area contributed by atoms with Gasteiger partial charge in [0.05, 0.1) is 0 Å². The molecule has 5 heteroatoms. The van der Waals surface area contributed by atoms with Crippen molar-refractivity contribution in [1.29, 1.82) is 5.26 Å². The molecule has 0 spiro atoms. The van der Waals surface area contributed by atoms with Gasteiger partial charge in [0, 0.05) is 29.0 Å². The molecule has 0 aliphatic carbocycles. The van der Waals surface area contributed by atoms with Crippen LogP contribution in [0, 0.1) is 11.3 Å². The van der Waals surface area contributed by atoms with E-state index in [0.717, 1.165) is 24.1 Å². The number of hydrogen-bond donors (Lipinski definition) is 2. The number of benzene rings is 1. The molecule has 27 heavy (non-hydrogen) atoms. The van der Waals surface area contributed by atoms with Gasteiger partial charge in [0.15, 0.2) is 0 Å². The zero-order valence-electron chi connectivity index (χ0n) is 17.3. The summed E-state index contributed by atoms with van der Waals surface area (Å²) in [5.41, 5.74) is 7.65. The maximum atomic E-state index is 12.8. The summed E-state index contributed by atoms with van der Waals surface area (Å²) in [4.78, 5) is 14.9. The van der Waals surface area contributed by atoms with Crippen LogP contribution in [0.15, 0.2) is 36.0 Å². The van der Waals surface area contributed by atoms with E-state index in [0.29, 0.717) is 0 Å². The lowest BCUT2D eigenvalue weighted by Gasteiger charge is -2.54. The molecule has 1 aliphatic rings. The quantitative estimate of drug-likeness (QED) is 0.618. The van der Waals surface area contributed by atoms with E-state index in [2.05, 4.69) is 57.8 Å². The van der Waals surface area contributed by atoms with Crippen molar-refractivity contribution in [3.8, 4) is 6.07 Å². The van der Waals surface area contributed by atoms with Gasteiger partial charge in [-0.2, -0.15) is 5.26 Å². The second-order valence-corrected chi connectivity index (χ2v) is 9.01. The zero-order chi connectivity index (χ0) is 20.4. The summed E-state index contributed by atoms with van der Waals surface area (Å²) in [5.74, 6) is -0.107. The number of nitrogens with zero attached hydrogens (tertiary/aromatic N) is 2. The summed E-state index contributed by atoms with van der Waals surface area (Å²) in [6.45, 7) is 12.6. The van der Waals surface area contributed by atoms with Crippen LogP contribution in [-0.2, 0) is 4.79 Å². The maximum Gasteiger partial charge on any atom is 0.267 e. The van der Waals surface area contributed by atoms with E-state index in [9.17, 15) is 10.1 Å². The second-order valence-electron chi connectivity index (χ2n) is 9.01. The molecule has 1 amide bonds. The van der Waals surface area contributed by atoms with Crippen molar-refractivity contribution in [2.45, 2.75) is 77.4 Å². The molecule has 0 saturated carbocycles. The molecule has 0 aromatic heterocycles. The van der Waals surface area contributed by atoms with Crippen molar-refractivity contribution >= 4 is 11.6 Å². The Hall–Kier alpha value is -2.32. The van der Waals surface area contributed by atoms with Crippen molar-refractivity contribution in [2.75, 3.05) is 5.32 Å². The Morgan fingerprint density at radius 3 is 2.33 bits per heavy atom. The Morgan fingerprint density at radius 1 is 1.26 bits per heavy atom. The number of rotatable bonds is 4. The third-order valence-corrected chi connectivity index (χ3v) is 5.28.